The van der Waals surface area contributed by atoms with E-state index in [1.807, 2.05) is 0 Å². The molecule has 2 aromatic heterocycles. The quantitative estimate of drug-likeness (QED) is 0.381. The number of carbonyl (C=O) groups is 1. The molecule has 0 radical (unpaired) electrons. The van der Waals surface area contributed by atoms with Gasteiger partial charge in [-0.2, -0.15) is 31.4 Å². The number of fused-ring (bicyclic) bond motifs is 1. The summed E-state index contributed by atoms with van der Waals surface area (Å²) in [5.41, 5.74) is -3.42. The van der Waals surface area contributed by atoms with Crippen LogP contribution in [-0.2, 0) is 12.4 Å². The van der Waals surface area contributed by atoms with Crippen LogP contribution in [-0.4, -0.2) is 27.6 Å². The van der Waals surface area contributed by atoms with E-state index in [-0.39, 0.29) is 11.3 Å². The molecule has 0 bridgehead atoms. The lowest BCUT2D eigenvalue weighted by Gasteiger charge is -2.12. The van der Waals surface area contributed by atoms with Crippen molar-refractivity contribution in [3.8, 4) is 17.0 Å². The van der Waals surface area contributed by atoms with Crippen molar-refractivity contribution in [1.82, 2.24) is 14.6 Å². The van der Waals surface area contributed by atoms with Crippen LogP contribution in [0.1, 0.15) is 21.7 Å². The lowest BCUT2D eigenvalue weighted by Crippen LogP contribution is -2.18. The molecule has 1 N–H and O–H groups in total. The molecule has 4 rings (SSSR count). The van der Waals surface area contributed by atoms with Crippen molar-refractivity contribution < 1.29 is 35.9 Å². The van der Waals surface area contributed by atoms with E-state index < -0.39 is 40.9 Å². The van der Waals surface area contributed by atoms with Crippen LogP contribution in [0, 0.1) is 0 Å². The Bertz CT molecular complexity index is 1360. The summed E-state index contributed by atoms with van der Waals surface area (Å²) in [5.74, 6) is -0.635. The summed E-state index contributed by atoms with van der Waals surface area (Å²) in [7, 11) is 1.44. The number of anilines is 1. The van der Waals surface area contributed by atoms with Crippen LogP contribution in [0.25, 0.3) is 16.9 Å². The zero-order valence-electron chi connectivity index (χ0n) is 17.2. The molecule has 34 heavy (non-hydrogen) atoms. The van der Waals surface area contributed by atoms with Crippen LogP contribution < -0.4 is 10.1 Å². The maximum Gasteiger partial charge on any atom is 0.433 e. The molecule has 0 aliphatic heterocycles. The number of nitrogens with zero attached hydrogens (tertiary/aromatic N) is 3. The first-order valence-electron chi connectivity index (χ1n) is 9.57. The molecule has 6 nitrogen and oxygen atoms in total. The van der Waals surface area contributed by atoms with Gasteiger partial charge in [-0.1, -0.05) is 12.1 Å². The van der Waals surface area contributed by atoms with Crippen molar-refractivity contribution in [2.24, 2.45) is 0 Å². The summed E-state index contributed by atoms with van der Waals surface area (Å²) >= 11 is 0. The number of rotatable bonds is 4. The number of hydrogen-bond acceptors (Lipinski definition) is 4. The monoisotopic (exact) mass is 480 g/mol. The second-order valence-corrected chi connectivity index (χ2v) is 7.05. The molecule has 0 aliphatic carbocycles. The molecule has 4 aromatic rings. The van der Waals surface area contributed by atoms with E-state index in [2.05, 4.69) is 15.4 Å². The largest absolute Gasteiger partial charge is 0.497 e. The molecule has 176 valence electrons. The van der Waals surface area contributed by atoms with Crippen LogP contribution in [0.5, 0.6) is 5.75 Å². The van der Waals surface area contributed by atoms with Gasteiger partial charge in [0.1, 0.15) is 5.75 Å². The second-order valence-electron chi connectivity index (χ2n) is 7.05. The van der Waals surface area contributed by atoms with Gasteiger partial charge in [0.25, 0.3) is 5.91 Å². The molecule has 2 aromatic carbocycles. The Hall–Kier alpha value is -4.09. The molecule has 0 atom stereocenters. The van der Waals surface area contributed by atoms with Gasteiger partial charge in [-0.15, -0.1) is 0 Å². The van der Waals surface area contributed by atoms with Crippen molar-refractivity contribution >= 4 is 17.2 Å². The molecule has 0 saturated carbocycles. The number of ether oxygens (including phenoxy) is 1. The van der Waals surface area contributed by atoms with Gasteiger partial charge >= 0.3 is 12.4 Å². The zero-order valence-corrected chi connectivity index (χ0v) is 17.2. The molecule has 0 aliphatic rings. The molecule has 0 spiro atoms. The first-order valence-corrected chi connectivity index (χ1v) is 9.57. The molecule has 0 unspecified atom stereocenters. The first-order chi connectivity index (χ1) is 16.0. The van der Waals surface area contributed by atoms with Crippen LogP contribution >= 0.6 is 0 Å². The maximum atomic E-state index is 13.7. The first kappa shape index (κ1) is 23.1. The number of methoxy groups -OCH3 is 1. The van der Waals surface area contributed by atoms with Crippen molar-refractivity contribution in [1.29, 1.82) is 0 Å². The highest BCUT2D eigenvalue weighted by atomic mass is 19.4. The predicted molar refractivity (Wildman–Crippen MR) is 109 cm³/mol. The van der Waals surface area contributed by atoms with Gasteiger partial charge in [0.05, 0.1) is 24.1 Å². The minimum absolute atomic E-state index is 0.0447. The zero-order chi connectivity index (χ0) is 24.7. The Morgan fingerprint density at radius 2 is 1.62 bits per heavy atom. The topological polar surface area (TPSA) is 68.5 Å². The van der Waals surface area contributed by atoms with Gasteiger partial charge in [0, 0.05) is 11.6 Å². The highest BCUT2D eigenvalue weighted by Crippen LogP contribution is 2.35. The average molecular weight is 480 g/mol. The summed E-state index contributed by atoms with van der Waals surface area (Å²) in [5, 5.41) is 5.70. The number of aromatic nitrogens is 3. The molecule has 0 fully saturated rings. The summed E-state index contributed by atoms with van der Waals surface area (Å²) in [4.78, 5) is 16.7. The van der Waals surface area contributed by atoms with Gasteiger partial charge in [-0.05, 0) is 42.5 Å². The number of carbonyl (C=O) groups excluding carboxylic acids is 1. The SMILES string of the molecule is COc1ccc(-c2cc(C(F)(F)F)n3nc(C(=O)Nc4ccccc4C(F)(F)F)cc3n2)cc1. The van der Waals surface area contributed by atoms with E-state index in [4.69, 9.17) is 4.74 Å². The predicted octanol–water partition coefficient (Wildman–Crippen LogP) is 5.69. The summed E-state index contributed by atoms with van der Waals surface area (Å²) in [6, 6.07) is 12.1. The number of hydrogen-bond donors (Lipinski definition) is 1. The molecule has 2 heterocycles. The normalized spacial score (nSPS) is 12.1. The van der Waals surface area contributed by atoms with Crippen molar-refractivity contribution in [2.75, 3.05) is 12.4 Å². The minimum Gasteiger partial charge on any atom is -0.497 e. The highest BCUT2D eigenvalue weighted by Gasteiger charge is 2.36. The van der Waals surface area contributed by atoms with Crippen molar-refractivity contribution in [2.45, 2.75) is 12.4 Å². The minimum atomic E-state index is -4.86. The summed E-state index contributed by atoms with van der Waals surface area (Å²) in [6.45, 7) is 0. The Labute approximate surface area is 187 Å². The van der Waals surface area contributed by atoms with Gasteiger partial charge in [-0.25, -0.2) is 9.50 Å². The van der Waals surface area contributed by atoms with Gasteiger partial charge in [-0.3, -0.25) is 4.79 Å². The smallest absolute Gasteiger partial charge is 0.433 e. The standard InChI is InChI=1S/C22H14F6N4O2/c1-34-13-8-6-12(7-9-13)16-10-18(22(26,27)28)32-19(29-16)11-17(31-32)20(33)30-15-5-3-2-4-14(15)21(23,24)25/h2-11H,1H3,(H,30,33). The molecule has 12 heteroatoms. The lowest BCUT2D eigenvalue weighted by molar-refractivity contribution is -0.142. The number of nitrogens with one attached hydrogen (secondary N) is 1. The Balaban J connectivity index is 1.77. The maximum absolute atomic E-state index is 13.7. The van der Waals surface area contributed by atoms with E-state index in [1.54, 1.807) is 12.1 Å². The van der Waals surface area contributed by atoms with E-state index >= 15 is 0 Å². The van der Waals surface area contributed by atoms with Gasteiger partial charge in [0.2, 0.25) is 0 Å². The van der Waals surface area contributed by atoms with Crippen LogP contribution in [0.4, 0.5) is 32.0 Å². The number of amides is 1. The molecular formula is C22H14F6N4O2. The molecular weight excluding hydrogens is 466 g/mol. The van der Waals surface area contributed by atoms with Crippen molar-refractivity contribution in [3.05, 3.63) is 77.6 Å². The van der Waals surface area contributed by atoms with E-state index in [0.717, 1.165) is 30.3 Å². The van der Waals surface area contributed by atoms with Gasteiger partial charge < -0.3 is 10.1 Å². The summed E-state index contributed by atoms with van der Waals surface area (Å²) in [6.07, 6.45) is -9.61. The highest BCUT2D eigenvalue weighted by molar-refractivity contribution is 6.04. The Morgan fingerprint density at radius 3 is 2.24 bits per heavy atom. The third-order valence-corrected chi connectivity index (χ3v) is 4.82. The average Bonchev–Trinajstić information content (AvgIpc) is 3.22. The fourth-order valence-electron chi connectivity index (χ4n) is 3.22. The summed E-state index contributed by atoms with van der Waals surface area (Å²) < 4.78 is 86.3. The third kappa shape index (κ3) is 4.51. The van der Waals surface area contributed by atoms with E-state index in [9.17, 15) is 31.1 Å². The number of alkyl halides is 6. The third-order valence-electron chi connectivity index (χ3n) is 4.82. The second kappa shape index (κ2) is 8.36. The van der Waals surface area contributed by atoms with Crippen LogP contribution in [0.3, 0.4) is 0 Å². The molecule has 0 saturated heterocycles. The van der Waals surface area contributed by atoms with Crippen LogP contribution in [0.2, 0.25) is 0 Å². The Morgan fingerprint density at radius 1 is 0.941 bits per heavy atom. The van der Waals surface area contributed by atoms with Gasteiger partial charge in [0.15, 0.2) is 17.0 Å². The number of para-hydroxylation sites is 1. The molecule has 1 amide bonds. The lowest BCUT2D eigenvalue weighted by atomic mass is 10.1. The van der Waals surface area contributed by atoms with E-state index in [0.29, 0.717) is 15.8 Å². The fraction of sp³-hybridized carbons (Fsp3) is 0.136. The van der Waals surface area contributed by atoms with Crippen LogP contribution in [0.15, 0.2) is 60.7 Å². The Kier molecular flexibility index (Phi) is 5.67. The number of halogens is 6. The number of benzene rings is 2. The van der Waals surface area contributed by atoms with Crippen molar-refractivity contribution in [3.63, 3.8) is 0 Å². The fourth-order valence-corrected chi connectivity index (χ4v) is 3.22. The van der Waals surface area contributed by atoms with E-state index in [1.165, 1.54) is 25.3 Å².